The van der Waals surface area contributed by atoms with Gasteiger partial charge in [0.2, 0.25) is 5.75 Å². The molecule has 2 aromatic carbocycles. The molecule has 0 fully saturated rings. The van der Waals surface area contributed by atoms with Crippen molar-refractivity contribution in [3.8, 4) is 28.4 Å². The molecule has 1 heterocycles. The molecule has 0 aliphatic heterocycles. The molecular formula is C21H20N2O5S. The van der Waals surface area contributed by atoms with Gasteiger partial charge in [0, 0.05) is 11.1 Å². The van der Waals surface area contributed by atoms with Gasteiger partial charge < -0.3 is 14.2 Å². The molecular weight excluding hydrogens is 392 g/mol. The van der Waals surface area contributed by atoms with Crippen LogP contribution in [0.15, 0.2) is 53.9 Å². The number of rotatable bonds is 6. The molecule has 7 nitrogen and oxygen atoms in total. The number of nitrogens with one attached hydrogen (secondary N) is 2. The third-order valence-electron chi connectivity index (χ3n) is 4.17. The van der Waals surface area contributed by atoms with Crippen molar-refractivity contribution in [2.75, 3.05) is 21.3 Å². The van der Waals surface area contributed by atoms with E-state index in [1.807, 2.05) is 41.8 Å². The second kappa shape index (κ2) is 9.11. The number of carbonyl (C=O) groups is 2. The van der Waals surface area contributed by atoms with Crippen LogP contribution >= 0.6 is 11.3 Å². The average Bonchev–Trinajstić information content (AvgIpc) is 3.26. The summed E-state index contributed by atoms with van der Waals surface area (Å²) in [6.07, 6.45) is 0. The zero-order valence-corrected chi connectivity index (χ0v) is 17.0. The van der Waals surface area contributed by atoms with Crippen LogP contribution in [0.5, 0.6) is 17.2 Å². The Balaban J connectivity index is 1.75. The van der Waals surface area contributed by atoms with E-state index < -0.39 is 11.8 Å². The lowest BCUT2D eigenvalue weighted by molar-refractivity contribution is 0.0849. The van der Waals surface area contributed by atoms with Crippen molar-refractivity contribution in [3.63, 3.8) is 0 Å². The smallest absolute Gasteiger partial charge is 0.280 e. The Morgan fingerprint density at radius 1 is 0.828 bits per heavy atom. The summed E-state index contributed by atoms with van der Waals surface area (Å²) < 4.78 is 15.7. The highest BCUT2D eigenvalue weighted by Gasteiger charge is 2.19. The predicted molar refractivity (Wildman–Crippen MR) is 111 cm³/mol. The fraction of sp³-hybridized carbons (Fsp3) is 0.143. The molecule has 3 rings (SSSR count). The lowest BCUT2D eigenvalue weighted by Crippen LogP contribution is -2.41. The van der Waals surface area contributed by atoms with Gasteiger partial charge in [0.25, 0.3) is 11.8 Å². The van der Waals surface area contributed by atoms with Crippen molar-refractivity contribution in [1.29, 1.82) is 0 Å². The largest absolute Gasteiger partial charge is 0.493 e. The van der Waals surface area contributed by atoms with E-state index in [1.165, 1.54) is 44.8 Å². The molecule has 0 saturated carbocycles. The molecule has 0 unspecified atom stereocenters. The zero-order valence-electron chi connectivity index (χ0n) is 16.1. The second-order valence-electron chi connectivity index (χ2n) is 5.85. The first-order chi connectivity index (χ1) is 14.1. The summed E-state index contributed by atoms with van der Waals surface area (Å²) in [5.74, 6) is 0.137. The van der Waals surface area contributed by atoms with Crippen molar-refractivity contribution in [3.05, 3.63) is 64.4 Å². The maximum Gasteiger partial charge on any atom is 0.280 e. The lowest BCUT2D eigenvalue weighted by Gasteiger charge is -2.14. The fourth-order valence-corrected chi connectivity index (χ4v) is 3.60. The second-order valence-corrected chi connectivity index (χ2v) is 6.77. The van der Waals surface area contributed by atoms with E-state index in [-0.39, 0.29) is 5.56 Å². The summed E-state index contributed by atoms with van der Waals surface area (Å²) in [7, 11) is 4.40. The first kappa shape index (κ1) is 20.2. The van der Waals surface area contributed by atoms with E-state index in [0.717, 1.165) is 11.1 Å². The van der Waals surface area contributed by atoms with Crippen LogP contribution in [0.1, 0.15) is 20.0 Å². The number of hydrazine groups is 1. The van der Waals surface area contributed by atoms with Crippen molar-refractivity contribution in [1.82, 2.24) is 10.9 Å². The average molecular weight is 412 g/mol. The topological polar surface area (TPSA) is 85.9 Å². The molecule has 0 spiro atoms. The Morgan fingerprint density at radius 2 is 1.45 bits per heavy atom. The number of ether oxygens (including phenoxy) is 3. The Kier molecular flexibility index (Phi) is 6.36. The Hall–Kier alpha value is -3.52. The molecule has 2 N–H and O–H groups in total. The zero-order chi connectivity index (χ0) is 20.8. The van der Waals surface area contributed by atoms with Gasteiger partial charge in [-0.15, -0.1) is 11.3 Å². The number of hydrogen-bond donors (Lipinski definition) is 2. The highest BCUT2D eigenvalue weighted by molar-refractivity contribution is 7.12. The van der Waals surface area contributed by atoms with Crippen LogP contribution < -0.4 is 25.1 Å². The van der Waals surface area contributed by atoms with E-state index in [4.69, 9.17) is 14.2 Å². The first-order valence-electron chi connectivity index (χ1n) is 8.62. The van der Waals surface area contributed by atoms with E-state index in [2.05, 4.69) is 10.9 Å². The molecule has 1 aromatic heterocycles. The van der Waals surface area contributed by atoms with Gasteiger partial charge in [0.1, 0.15) is 4.88 Å². The number of hydrogen-bond acceptors (Lipinski definition) is 6. The highest BCUT2D eigenvalue weighted by atomic mass is 32.1. The molecule has 8 heteroatoms. The van der Waals surface area contributed by atoms with Gasteiger partial charge in [-0.2, -0.15) is 0 Å². The molecule has 0 saturated heterocycles. The summed E-state index contributed by atoms with van der Waals surface area (Å²) in [6.45, 7) is 0. The number of benzene rings is 2. The van der Waals surface area contributed by atoms with E-state index in [1.54, 1.807) is 0 Å². The van der Waals surface area contributed by atoms with Crippen LogP contribution in [0.4, 0.5) is 0 Å². The summed E-state index contributed by atoms with van der Waals surface area (Å²) >= 11 is 1.30. The summed E-state index contributed by atoms with van der Waals surface area (Å²) in [5.41, 5.74) is 6.85. The third-order valence-corrected chi connectivity index (χ3v) is 5.09. The number of thiophene rings is 1. The van der Waals surface area contributed by atoms with Crippen LogP contribution in [0.25, 0.3) is 11.1 Å². The summed E-state index contributed by atoms with van der Waals surface area (Å²) in [4.78, 5) is 25.6. The minimum atomic E-state index is -0.518. The summed E-state index contributed by atoms with van der Waals surface area (Å²) in [6, 6.07) is 14.4. The minimum absolute atomic E-state index is 0.245. The molecule has 2 amide bonds. The molecule has 0 radical (unpaired) electrons. The standard InChI is InChI=1S/C21H20N2O5S/c1-26-16-11-14(12-17(27-2)18(16)28-3)20(24)22-23-21(25)19-15(9-10-29-19)13-7-5-4-6-8-13/h4-12H,1-3H3,(H,22,24)(H,23,25). The van der Waals surface area contributed by atoms with E-state index in [0.29, 0.717) is 22.1 Å². The minimum Gasteiger partial charge on any atom is -0.493 e. The van der Waals surface area contributed by atoms with Gasteiger partial charge >= 0.3 is 0 Å². The van der Waals surface area contributed by atoms with Crippen molar-refractivity contribution in [2.24, 2.45) is 0 Å². The normalized spacial score (nSPS) is 10.2. The van der Waals surface area contributed by atoms with Gasteiger partial charge in [-0.05, 0) is 29.1 Å². The Morgan fingerprint density at radius 3 is 2.03 bits per heavy atom. The van der Waals surface area contributed by atoms with Crippen molar-refractivity contribution >= 4 is 23.2 Å². The lowest BCUT2D eigenvalue weighted by atomic mass is 10.1. The van der Waals surface area contributed by atoms with Gasteiger partial charge in [-0.25, -0.2) is 0 Å². The quantitative estimate of drug-likeness (QED) is 0.605. The van der Waals surface area contributed by atoms with Crippen LogP contribution in [0.2, 0.25) is 0 Å². The Bertz CT molecular complexity index is 992. The van der Waals surface area contributed by atoms with Crippen LogP contribution in [-0.2, 0) is 0 Å². The molecule has 0 aliphatic rings. The van der Waals surface area contributed by atoms with Crippen LogP contribution in [0, 0.1) is 0 Å². The van der Waals surface area contributed by atoms with Crippen LogP contribution in [0.3, 0.4) is 0 Å². The predicted octanol–water partition coefficient (Wildman–Crippen LogP) is 3.52. The van der Waals surface area contributed by atoms with E-state index >= 15 is 0 Å². The molecule has 29 heavy (non-hydrogen) atoms. The SMILES string of the molecule is COc1cc(C(=O)NNC(=O)c2sccc2-c2ccccc2)cc(OC)c1OC. The van der Waals surface area contributed by atoms with E-state index in [9.17, 15) is 9.59 Å². The number of carbonyl (C=O) groups excluding carboxylic acids is 2. The third kappa shape index (κ3) is 4.33. The number of amides is 2. The van der Waals surface area contributed by atoms with Gasteiger partial charge in [-0.3, -0.25) is 20.4 Å². The molecule has 150 valence electrons. The summed E-state index contributed by atoms with van der Waals surface area (Å²) in [5, 5.41) is 1.83. The molecule has 0 aliphatic carbocycles. The monoisotopic (exact) mass is 412 g/mol. The van der Waals surface area contributed by atoms with Gasteiger partial charge in [0.05, 0.1) is 21.3 Å². The molecule has 3 aromatic rings. The Labute approximate surface area is 172 Å². The number of methoxy groups -OCH3 is 3. The van der Waals surface area contributed by atoms with Crippen molar-refractivity contribution in [2.45, 2.75) is 0 Å². The van der Waals surface area contributed by atoms with Crippen molar-refractivity contribution < 1.29 is 23.8 Å². The first-order valence-corrected chi connectivity index (χ1v) is 9.50. The fourth-order valence-electron chi connectivity index (χ4n) is 2.78. The van der Waals surface area contributed by atoms with Gasteiger partial charge in [0.15, 0.2) is 11.5 Å². The van der Waals surface area contributed by atoms with Crippen LogP contribution in [-0.4, -0.2) is 33.1 Å². The van der Waals surface area contributed by atoms with Gasteiger partial charge in [-0.1, -0.05) is 30.3 Å². The molecule has 0 bridgehead atoms. The maximum atomic E-state index is 12.6. The highest BCUT2D eigenvalue weighted by Crippen LogP contribution is 2.38. The molecule has 0 atom stereocenters. The maximum absolute atomic E-state index is 12.6.